The molecule has 45 heavy (non-hydrogen) atoms. The molecule has 1 aromatic carbocycles. The summed E-state index contributed by atoms with van der Waals surface area (Å²) < 4.78 is 24.5. The molecule has 0 radical (unpaired) electrons. The highest BCUT2D eigenvalue weighted by molar-refractivity contribution is 5.92. The predicted molar refractivity (Wildman–Crippen MR) is 170 cm³/mol. The van der Waals surface area contributed by atoms with Gasteiger partial charge in [-0.1, -0.05) is 24.3 Å². The number of likely N-dealkylation sites (N-methyl/N-ethyl adjacent to an activating group) is 1. The Morgan fingerprint density at radius 3 is 2.60 bits per heavy atom. The normalized spacial score (nSPS) is 18.5. The molecule has 1 spiro atoms. The van der Waals surface area contributed by atoms with Gasteiger partial charge in [0.1, 0.15) is 5.69 Å². The molecule has 1 aliphatic carbocycles. The zero-order chi connectivity index (χ0) is 31.6. The van der Waals surface area contributed by atoms with Crippen LogP contribution in [-0.4, -0.2) is 121 Å². The van der Waals surface area contributed by atoms with Crippen molar-refractivity contribution in [1.29, 1.82) is 0 Å². The standard InChI is InChI=1S/C34H51N5O6/c1-4-37(25-32(42-2)43-3)31(40)12-20-44-19-11-27-6-5-7-29(22-27)23-36-16-13-34(14-17-36)26-38(18-21-45-34)33(41)30-10-15-39(35-30)24-28-8-9-28/h5-7,10,15,22,28,32H,4,8-9,11-14,16-21,23-26H2,1-3H3. The van der Waals surface area contributed by atoms with E-state index in [-0.39, 0.29) is 17.4 Å². The Morgan fingerprint density at radius 1 is 1.09 bits per heavy atom. The van der Waals surface area contributed by atoms with Crippen LogP contribution in [0.15, 0.2) is 36.5 Å². The third-order valence-corrected chi connectivity index (χ3v) is 9.33. The van der Waals surface area contributed by atoms with Gasteiger partial charge >= 0.3 is 0 Å². The van der Waals surface area contributed by atoms with E-state index in [2.05, 4.69) is 34.3 Å². The van der Waals surface area contributed by atoms with Crippen LogP contribution >= 0.6 is 0 Å². The third kappa shape index (κ3) is 9.59. The molecule has 11 nitrogen and oxygen atoms in total. The first-order chi connectivity index (χ1) is 21.9. The quantitative estimate of drug-likeness (QED) is 0.207. The number of rotatable bonds is 16. The monoisotopic (exact) mass is 625 g/mol. The molecule has 5 rings (SSSR count). The number of amides is 2. The maximum atomic E-state index is 13.3. The first-order valence-electron chi connectivity index (χ1n) is 16.6. The fourth-order valence-corrected chi connectivity index (χ4v) is 6.33. The lowest BCUT2D eigenvalue weighted by Gasteiger charge is -2.47. The van der Waals surface area contributed by atoms with Crippen molar-refractivity contribution in [3.05, 3.63) is 53.3 Å². The van der Waals surface area contributed by atoms with Crippen molar-refractivity contribution in [1.82, 2.24) is 24.5 Å². The second-order valence-corrected chi connectivity index (χ2v) is 12.7. The summed E-state index contributed by atoms with van der Waals surface area (Å²) in [6.07, 6.45) is 7.01. The van der Waals surface area contributed by atoms with E-state index in [9.17, 15) is 9.59 Å². The number of hydrogen-bond acceptors (Lipinski definition) is 8. The average molecular weight is 626 g/mol. The summed E-state index contributed by atoms with van der Waals surface area (Å²) in [5, 5.41) is 4.57. The number of methoxy groups -OCH3 is 2. The molecule has 11 heteroatoms. The summed E-state index contributed by atoms with van der Waals surface area (Å²) in [7, 11) is 3.15. The molecule has 0 atom stereocenters. The molecule has 3 aliphatic rings. The Hall–Kier alpha value is -2.83. The van der Waals surface area contributed by atoms with Crippen LogP contribution in [0.2, 0.25) is 0 Å². The van der Waals surface area contributed by atoms with Crippen molar-refractivity contribution < 1.29 is 28.5 Å². The van der Waals surface area contributed by atoms with E-state index in [0.717, 1.165) is 51.4 Å². The molecule has 2 saturated heterocycles. The zero-order valence-electron chi connectivity index (χ0n) is 27.3. The van der Waals surface area contributed by atoms with Gasteiger partial charge in [-0.2, -0.15) is 5.10 Å². The Balaban J connectivity index is 1.02. The van der Waals surface area contributed by atoms with Crippen molar-refractivity contribution in [3.8, 4) is 0 Å². The molecule has 2 aliphatic heterocycles. The van der Waals surface area contributed by atoms with E-state index < -0.39 is 6.29 Å². The summed E-state index contributed by atoms with van der Waals surface area (Å²) >= 11 is 0. The first kappa shape index (κ1) is 33.5. The van der Waals surface area contributed by atoms with Crippen LogP contribution < -0.4 is 0 Å². The topological polar surface area (TPSA) is 98.6 Å². The lowest BCUT2D eigenvalue weighted by atomic mass is 9.89. The van der Waals surface area contributed by atoms with Gasteiger partial charge in [0.05, 0.1) is 44.9 Å². The molecule has 0 unspecified atom stereocenters. The van der Waals surface area contributed by atoms with Gasteiger partial charge in [-0.3, -0.25) is 19.2 Å². The Morgan fingerprint density at radius 2 is 1.87 bits per heavy atom. The van der Waals surface area contributed by atoms with Gasteiger partial charge in [0.15, 0.2) is 6.29 Å². The predicted octanol–water partition coefficient (Wildman–Crippen LogP) is 3.22. The molecule has 1 aromatic heterocycles. The molecule has 2 aromatic rings. The number of aromatic nitrogens is 2. The minimum Gasteiger partial charge on any atom is -0.381 e. The average Bonchev–Trinajstić information content (AvgIpc) is 3.76. The van der Waals surface area contributed by atoms with E-state index in [1.54, 1.807) is 19.1 Å². The second-order valence-electron chi connectivity index (χ2n) is 12.7. The molecule has 248 valence electrons. The number of nitrogens with zero attached hydrogens (tertiary/aromatic N) is 5. The van der Waals surface area contributed by atoms with E-state index in [0.29, 0.717) is 58.1 Å². The number of ether oxygens (including phenoxy) is 4. The van der Waals surface area contributed by atoms with Crippen molar-refractivity contribution in [3.63, 3.8) is 0 Å². The number of hydrogen-bond donors (Lipinski definition) is 0. The number of carbonyl (C=O) groups is 2. The zero-order valence-corrected chi connectivity index (χ0v) is 27.3. The van der Waals surface area contributed by atoms with Crippen molar-refractivity contribution in [2.45, 2.75) is 70.4 Å². The molecule has 1 saturated carbocycles. The van der Waals surface area contributed by atoms with Gasteiger partial charge < -0.3 is 28.7 Å². The van der Waals surface area contributed by atoms with E-state index in [1.165, 1.54) is 24.0 Å². The molecule has 0 N–H and O–H groups in total. The third-order valence-electron chi connectivity index (χ3n) is 9.33. The van der Waals surface area contributed by atoms with E-state index in [1.807, 2.05) is 28.8 Å². The highest BCUT2D eigenvalue weighted by Crippen LogP contribution is 2.32. The maximum Gasteiger partial charge on any atom is 0.274 e. The van der Waals surface area contributed by atoms with Crippen LogP contribution in [0.3, 0.4) is 0 Å². The van der Waals surface area contributed by atoms with Crippen molar-refractivity contribution in [2.24, 2.45) is 5.92 Å². The summed E-state index contributed by atoms with van der Waals surface area (Å²) in [5.74, 6) is 0.784. The molecule has 3 heterocycles. The SMILES string of the molecule is CCN(CC(OC)OC)C(=O)CCOCCc1cccc(CN2CCC3(CC2)CN(C(=O)c2ccn(CC4CC4)n2)CCO3)c1. The Kier molecular flexibility index (Phi) is 12.0. The number of piperidine rings is 1. The van der Waals surface area contributed by atoms with Crippen molar-refractivity contribution in [2.75, 3.05) is 73.3 Å². The highest BCUT2D eigenvalue weighted by atomic mass is 16.7. The Bertz CT molecular complexity index is 1240. The number of benzene rings is 1. The van der Waals surface area contributed by atoms with E-state index >= 15 is 0 Å². The highest BCUT2D eigenvalue weighted by Gasteiger charge is 2.41. The second kappa shape index (κ2) is 16.1. The summed E-state index contributed by atoms with van der Waals surface area (Å²) in [5.41, 5.74) is 2.79. The molecule has 3 fully saturated rings. The van der Waals surface area contributed by atoms with Crippen LogP contribution in [0.4, 0.5) is 0 Å². The smallest absolute Gasteiger partial charge is 0.274 e. The fourth-order valence-electron chi connectivity index (χ4n) is 6.33. The van der Waals surface area contributed by atoms with Crippen LogP contribution in [0, 0.1) is 5.92 Å². The summed E-state index contributed by atoms with van der Waals surface area (Å²) in [6, 6.07) is 10.5. The van der Waals surface area contributed by atoms with Gasteiger partial charge in [-0.15, -0.1) is 0 Å². The molecular weight excluding hydrogens is 574 g/mol. The van der Waals surface area contributed by atoms with Gasteiger partial charge in [0.2, 0.25) is 5.91 Å². The van der Waals surface area contributed by atoms with Crippen LogP contribution in [-0.2, 0) is 43.3 Å². The molecule has 2 amide bonds. The number of carbonyl (C=O) groups excluding carboxylic acids is 2. The van der Waals surface area contributed by atoms with Gasteiger partial charge in [0.25, 0.3) is 5.91 Å². The van der Waals surface area contributed by atoms with Crippen LogP contribution in [0.5, 0.6) is 0 Å². The largest absolute Gasteiger partial charge is 0.381 e. The summed E-state index contributed by atoms with van der Waals surface area (Å²) in [6.45, 7) is 9.42. The minimum absolute atomic E-state index is 0.0206. The number of likely N-dealkylation sites (tertiary alicyclic amines) is 1. The van der Waals surface area contributed by atoms with Crippen LogP contribution in [0.1, 0.15) is 60.6 Å². The van der Waals surface area contributed by atoms with Gasteiger partial charge in [0, 0.05) is 59.7 Å². The lowest BCUT2D eigenvalue weighted by molar-refractivity contribution is -0.145. The number of morpholine rings is 1. The fraction of sp³-hybridized carbons (Fsp3) is 0.676. The minimum atomic E-state index is -0.423. The molecular formula is C34H51N5O6. The van der Waals surface area contributed by atoms with Gasteiger partial charge in [-0.25, -0.2) is 0 Å². The van der Waals surface area contributed by atoms with Crippen molar-refractivity contribution >= 4 is 11.8 Å². The molecule has 0 bridgehead atoms. The van der Waals surface area contributed by atoms with E-state index in [4.69, 9.17) is 18.9 Å². The lowest BCUT2D eigenvalue weighted by Crippen LogP contribution is -2.58. The first-order valence-corrected chi connectivity index (χ1v) is 16.6. The maximum absolute atomic E-state index is 13.3. The Labute approximate surface area is 267 Å². The van der Waals surface area contributed by atoms with Crippen LogP contribution in [0.25, 0.3) is 0 Å². The summed E-state index contributed by atoms with van der Waals surface area (Å²) in [4.78, 5) is 32.0. The van der Waals surface area contributed by atoms with Gasteiger partial charge in [-0.05, 0) is 62.1 Å².